The Morgan fingerprint density at radius 3 is 2.50 bits per heavy atom. The molecule has 0 atom stereocenters. The van der Waals surface area contributed by atoms with Gasteiger partial charge in [-0.1, -0.05) is 35.0 Å². The molecule has 152 valence electrons. The van der Waals surface area contributed by atoms with Gasteiger partial charge in [0, 0.05) is 28.7 Å². The second-order valence-electron chi connectivity index (χ2n) is 7.27. The highest BCUT2D eigenvalue weighted by atomic mass is 32.2. The molecular weight excluding hydrogens is 396 g/mol. The van der Waals surface area contributed by atoms with E-state index >= 15 is 0 Å². The number of aryl methyl sites for hydroxylation is 3. The number of thioether (sulfide) groups is 1. The predicted molar refractivity (Wildman–Crippen MR) is 117 cm³/mol. The van der Waals surface area contributed by atoms with E-state index in [4.69, 9.17) is 4.42 Å². The average Bonchev–Trinajstić information content (AvgIpc) is 3.30. The van der Waals surface area contributed by atoms with Gasteiger partial charge in [0.15, 0.2) is 5.78 Å². The van der Waals surface area contributed by atoms with Crippen LogP contribution in [0, 0.1) is 27.7 Å². The number of nitrogens with zero attached hydrogens (tertiary/aromatic N) is 4. The minimum Gasteiger partial charge on any atom is -0.411 e. The SMILES string of the molecule is Cc1cc(C)cc(-c2nnc(SCC(=O)c3cc(C)n(-c4ccccn4)c3C)o2)c1. The largest absolute Gasteiger partial charge is 0.411 e. The zero-order chi connectivity index (χ0) is 21.3. The van der Waals surface area contributed by atoms with Gasteiger partial charge < -0.3 is 8.98 Å². The van der Waals surface area contributed by atoms with Crippen LogP contribution in [0.1, 0.15) is 32.9 Å². The third-order valence-corrected chi connectivity index (χ3v) is 5.63. The minimum absolute atomic E-state index is 0.0152. The molecule has 0 fully saturated rings. The lowest BCUT2D eigenvalue weighted by atomic mass is 10.1. The first-order valence-corrected chi connectivity index (χ1v) is 10.6. The maximum absolute atomic E-state index is 12.9. The van der Waals surface area contributed by atoms with Gasteiger partial charge in [0.25, 0.3) is 5.22 Å². The number of pyridine rings is 1. The molecule has 4 rings (SSSR count). The molecule has 0 N–H and O–H groups in total. The summed E-state index contributed by atoms with van der Waals surface area (Å²) in [6.07, 6.45) is 1.74. The highest BCUT2D eigenvalue weighted by Gasteiger charge is 2.19. The van der Waals surface area contributed by atoms with Crippen LogP contribution in [0.15, 0.2) is 58.3 Å². The summed E-state index contributed by atoms with van der Waals surface area (Å²) in [5.74, 6) is 1.50. The third-order valence-electron chi connectivity index (χ3n) is 4.81. The Hall–Kier alpha value is -3.19. The fourth-order valence-electron chi connectivity index (χ4n) is 3.57. The van der Waals surface area contributed by atoms with E-state index in [1.165, 1.54) is 11.8 Å². The van der Waals surface area contributed by atoms with Gasteiger partial charge in [-0.2, -0.15) is 0 Å². The predicted octanol–water partition coefficient (Wildman–Crippen LogP) is 5.13. The molecule has 0 radical (unpaired) electrons. The lowest BCUT2D eigenvalue weighted by molar-refractivity contribution is 0.102. The number of aromatic nitrogens is 4. The molecule has 0 saturated heterocycles. The number of benzene rings is 1. The summed E-state index contributed by atoms with van der Waals surface area (Å²) in [6, 6.07) is 13.7. The first-order chi connectivity index (χ1) is 14.4. The highest BCUT2D eigenvalue weighted by Crippen LogP contribution is 2.26. The third kappa shape index (κ3) is 4.07. The number of ketones is 1. The first kappa shape index (κ1) is 20.1. The van der Waals surface area contributed by atoms with Crippen molar-refractivity contribution >= 4 is 17.5 Å². The molecule has 0 bridgehead atoms. The van der Waals surface area contributed by atoms with Gasteiger partial charge in [-0.05, 0) is 58.0 Å². The summed E-state index contributed by atoms with van der Waals surface area (Å²) in [7, 11) is 0. The smallest absolute Gasteiger partial charge is 0.277 e. The van der Waals surface area contributed by atoms with Gasteiger partial charge in [-0.3, -0.25) is 4.79 Å². The quantitative estimate of drug-likeness (QED) is 0.319. The van der Waals surface area contributed by atoms with Crippen molar-refractivity contribution in [1.82, 2.24) is 19.7 Å². The van der Waals surface area contributed by atoms with E-state index in [-0.39, 0.29) is 11.5 Å². The number of carbonyl (C=O) groups excluding carboxylic acids is 1. The molecule has 1 aromatic carbocycles. The van der Waals surface area contributed by atoms with Gasteiger partial charge in [0.2, 0.25) is 5.89 Å². The lowest BCUT2D eigenvalue weighted by Crippen LogP contribution is -2.06. The van der Waals surface area contributed by atoms with Crippen molar-refractivity contribution in [3.63, 3.8) is 0 Å². The molecule has 0 aliphatic carbocycles. The molecule has 0 aliphatic heterocycles. The minimum atomic E-state index is 0.0152. The van der Waals surface area contributed by atoms with Gasteiger partial charge in [-0.25, -0.2) is 4.98 Å². The lowest BCUT2D eigenvalue weighted by Gasteiger charge is -2.08. The van der Waals surface area contributed by atoms with Crippen LogP contribution >= 0.6 is 11.8 Å². The van der Waals surface area contributed by atoms with Crippen molar-refractivity contribution in [1.29, 1.82) is 0 Å². The van der Waals surface area contributed by atoms with Crippen molar-refractivity contribution in [2.45, 2.75) is 32.9 Å². The Labute approximate surface area is 179 Å². The topological polar surface area (TPSA) is 73.8 Å². The molecule has 7 heteroatoms. The van der Waals surface area contributed by atoms with Crippen LogP contribution in [0.25, 0.3) is 17.3 Å². The summed E-state index contributed by atoms with van der Waals surface area (Å²) in [5.41, 5.74) is 5.68. The second-order valence-corrected chi connectivity index (χ2v) is 8.20. The molecule has 0 unspecified atom stereocenters. The van der Waals surface area contributed by atoms with E-state index in [2.05, 4.69) is 21.2 Å². The molecule has 3 heterocycles. The summed E-state index contributed by atoms with van der Waals surface area (Å²) >= 11 is 1.25. The molecule has 0 aliphatic rings. The second kappa shape index (κ2) is 8.28. The molecule has 4 aromatic rings. The Kier molecular flexibility index (Phi) is 5.55. The summed E-state index contributed by atoms with van der Waals surface area (Å²) < 4.78 is 7.76. The molecule has 30 heavy (non-hydrogen) atoms. The van der Waals surface area contributed by atoms with Crippen molar-refractivity contribution < 1.29 is 9.21 Å². The summed E-state index contributed by atoms with van der Waals surface area (Å²) in [4.78, 5) is 17.3. The number of carbonyl (C=O) groups is 1. The van der Waals surface area contributed by atoms with E-state index in [1.807, 2.05) is 68.7 Å². The number of rotatable bonds is 6. The molecular formula is C23H22N4O2S. The standard InChI is InChI=1S/C23H22N4O2S/c1-14-9-15(2)11-18(10-14)22-25-26-23(29-22)30-13-20(28)19-12-16(3)27(17(19)4)21-7-5-6-8-24-21/h5-12H,13H2,1-4H3. The van der Waals surface area contributed by atoms with Crippen molar-refractivity contribution in [3.8, 4) is 17.3 Å². The number of Topliss-reactive ketones (excluding diaryl/α,β-unsaturated/α-hetero) is 1. The molecule has 0 amide bonds. The van der Waals surface area contributed by atoms with E-state index in [0.717, 1.165) is 33.9 Å². The van der Waals surface area contributed by atoms with Crippen molar-refractivity contribution in [2.75, 3.05) is 5.75 Å². The fraction of sp³-hybridized carbons (Fsp3) is 0.217. The molecule has 3 aromatic heterocycles. The number of hydrogen-bond donors (Lipinski definition) is 0. The van der Waals surface area contributed by atoms with Gasteiger partial charge in [-0.15, -0.1) is 10.2 Å². The van der Waals surface area contributed by atoms with E-state index in [0.29, 0.717) is 16.7 Å². The van der Waals surface area contributed by atoms with Gasteiger partial charge >= 0.3 is 0 Å². The van der Waals surface area contributed by atoms with E-state index < -0.39 is 0 Å². The summed E-state index contributed by atoms with van der Waals surface area (Å²) in [6.45, 7) is 7.97. The molecule has 0 spiro atoms. The monoisotopic (exact) mass is 418 g/mol. The maximum atomic E-state index is 12.9. The normalized spacial score (nSPS) is 11.1. The maximum Gasteiger partial charge on any atom is 0.277 e. The van der Waals surface area contributed by atoms with Crippen LogP contribution in [0.4, 0.5) is 0 Å². The Balaban J connectivity index is 1.49. The van der Waals surface area contributed by atoms with E-state index in [1.54, 1.807) is 6.20 Å². The highest BCUT2D eigenvalue weighted by molar-refractivity contribution is 7.99. The van der Waals surface area contributed by atoms with Crippen molar-refractivity contribution in [2.24, 2.45) is 0 Å². The number of hydrogen-bond acceptors (Lipinski definition) is 6. The van der Waals surface area contributed by atoms with Crippen LogP contribution in [0.5, 0.6) is 0 Å². The van der Waals surface area contributed by atoms with Gasteiger partial charge in [0.05, 0.1) is 5.75 Å². The van der Waals surface area contributed by atoms with Crippen LogP contribution < -0.4 is 0 Å². The Bertz CT molecular complexity index is 1190. The fourth-order valence-corrected chi connectivity index (χ4v) is 4.22. The van der Waals surface area contributed by atoms with Crippen LogP contribution in [-0.4, -0.2) is 31.3 Å². The average molecular weight is 419 g/mol. The molecule has 6 nitrogen and oxygen atoms in total. The van der Waals surface area contributed by atoms with Gasteiger partial charge in [0.1, 0.15) is 5.82 Å². The van der Waals surface area contributed by atoms with Crippen LogP contribution in [0.3, 0.4) is 0 Å². The van der Waals surface area contributed by atoms with E-state index in [9.17, 15) is 4.79 Å². The molecule has 0 saturated carbocycles. The summed E-state index contributed by atoms with van der Waals surface area (Å²) in [5, 5.41) is 8.61. The first-order valence-electron chi connectivity index (χ1n) is 9.61. The zero-order valence-electron chi connectivity index (χ0n) is 17.3. The van der Waals surface area contributed by atoms with Crippen LogP contribution in [-0.2, 0) is 0 Å². The Morgan fingerprint density at radius 1 is 1.03 bits per heavy atom. The van der Waals surface area contributed by atoms with Crippen LogP contribution in [0.2, 0.25) is 0 Å². The van der Waals surface area contributed by atoms with Crippen molar-refractivity contribution in [3.05, 3.63) is 76.7 Å². The Morgan fingerprint density at radius 2 is 1.80 bits per heavy atom. The zero-order valence-corrected chi connectivity index (χ0v) is 18.2.